The number of carbonyl (C=O) groups excluding carboxylic acids is 2. The Balaban J connectivity index is 1.62. The lowest BCUT2D eigenvalue weighted by Crippen LogP contribution is -2.52. The molecular formula is C21H23N3O2. The van der Waals surface area contributed by atoms with E-state index in [1.165, 1.54) is 0 Å². The Kier molecular flexibility index (Phi) is 4.24. The van der Waals surface area contributed by atoms with Crippen LogP contribution in [0.25, 0.3) is 0 Å². The summed E-state index contributed by atoms with van der Waals surface area (Å²) in [7, 11) is 0. The quantitative estimate of drug-likeness (QED) is 0.891. The van der Waals surface area contributed by atoms with E-state index in [2.05, 4.69) is 5.32 Å². The fraction of sp³-hybridized carbons (Fsp3) is 0.333. The van der Waals surface area contributed by atoms with E-state index >= 15 is 0 Å². The molecule has 0 spiro atoms. The van der Waals surface area contributed by atoms with Crippen LogP contribution in [0.5, 0.6) is 0 Å². The van der Waals surface area contributed by atoms with Crippen molar-refractivity contribution in [3.8, 4) is 0 Å². The molecule has 3 atom stereocenters. The summed E-state index contributed by atoms with van der Waals surface area (Å²) in [5.74, 6) is -0.285. The van der Waals surface area contributed by atoms with Gasteiger partial charge in [0.2, 0.25) is 11.8 Å². The Bertz CT molecular complexity index is 850. The number of nitrogens with zero attached hydrogens (tertiary/aromatic N) is 1. The molecule has 2 amide bonds. The van der Waals surface area contributed by atoms with Crippen molar-refractivity contribution in [3.05, 3.63) is 65.2 Å². The number of carbonyl (C=O) groups is 2. The van der Waals surface area contributed by atoms with Crippen LogP contribution >= 0.6 is 0 Å². The molecule has 0 bridgehead atoms. The van der Waals surface area contributed by atoms with Gasteiger partial charge >= 0.3 is 0 Å². The first-order valence-electron chi connectivity index (χ1n) is 9.11. The van der Waals surface area contributed by atoms with Gasteiger partial charge in [-0.1, -0.05) is 48.5 Å². The molecule has 2 aliphatic heterocycles. The first-order chi connectivity index (χ1) is 12.6. The van der Waals surface area contributed by atoms with Crippen LogP contribution in [0.1, 0.15) is 36.1 Å². The van der Waals surface area contributed by atoms with Crippen molar-refractivity contribution in [1.82, 2.24) is 5.32 Å². The number of hydrogen-bond donors (Lipinski definition) is 2. The van der Waals surface area contributed by atoms with Crippen LogP contribution in [0.2, 0.25) is 0 Å². The van der Waals surface area contributed by atoms with Crippen molar-refractivity contribution >= 4 is 17.5 Å². The predicted molar refractivity (Wildman–Crippen MR) is 101 cm³/mol. The third-order valence-corrected chi connectivity index (χ3v) is 5.41. The molecule has 0 saturated carbocycles. The summed E-state index contributed by atoms with van der Waals surface area (Å²) in [4.78, 5) is 27.5. The number of rotatable bonds is 3. The zero-order valence-corrected chi connectivity index (χ0v) is 14.8. The summed E-state index contributed by atoms with van der Waals surface area (Å²) in [6, 6.07) is 14.6. The first-order valence-corrected chi connectivity index (χ1v) is 9.11. The molecule has 0 saturated heterocycles. The Morgan fingerprint density at radius 3 is 2.65 bits per heavy atom. The van der Waals surface area contributed by atoms with Crippen LogP contribution < -0.4 is 16.0 Å². The molecule has 0 aromatic heterocycles. The molecule has 2 aromatic carbocycles. The Labute approximate surface area is 153 Å². The largest absolute Gasteiger partial charge is 0.348 e. The second-order valence-corrected chi connectivity index (χ2v) is 7.14. The summed E-state index contributed by atoms with van der Waals surface area (Å²) < 4.78 is 0. The average Bonchev–Trinajstić information content (AvgIpc) is 3.00. The normalized spacial score (nSPS) is 22.5. The van der Waals surface area contributed by atoms with Crippen LogP contribution in [0.4, 0.5) is 5.69 Å². The van der Waals surface area contributed by atoms with E-state index in [-0.39, 0.29) is 17.9 Å². The summed E-state index contributed by atoms with van der Waals surface area (Å²) in [5, 5.41) is 3.06. The van der Waals surface area contributed by atoms with Crippen LogP contribution in [0, 0.1) is 0 Å². The van der Waals surface area contributed by atoms with Gasteiger partial charge < -0.3 is 11.1 Å². The van der Waals surface area contributed by atoms with E-state index in [9.17, 15) is 9.59 Å². The first kappa shape index (κ1) is 16.8. The molecule has 4 rings (SSSR count). The number of nitrogens with two attached hydrogens (primary N) is 1. The fourth-order valence-corrected chi connectivity index (χ4v) is 4.00. The number of anilines is 1. The third-order valence-electron chi connectivity index (χ3n) is 5.41. The van der Waals surface area contributed by atoms with Gasteiger partial charge in [-0.3, -0.25) is 14.5 Å². The number of para-hydroxylation sites is 1. The van der Waals surface area contributed by atoms with Crippen molar-refractivity contribution in [1.29, 1.82) is 0 Å². The van der Waals surface area contributed by atoms with Gasteiger partial charge in [0.25, 0.3) is 0 Å². The second-order valence-electron chi connectivity index (χ2n) is 7.14. The topological polar surface area (TPSA) is 75.4 Å². The molecule has 0 aliphatic carbocycles. The zero-order chi connectivity index (χ0) is 18.3. The van der Waals surface area contributed by atoms with Gasteiger partial charge in [0, 0.05) is 6.42 Å². The van der Waals surface area contributed by atoms with Crippen molar-refractivity contribution in [2.24, 2.45) is 5.73 Å². The van der Waals surface area contributed by atoms with E-state index < -0.39 is 12.1 Å². The molecule has 3 N–H and O–H groups in total. The van der Waals surface area contributed by atoms with Crippen molar-refractivity contribution in [2.45, 2.75) is 44.3 Å². The smallest absolute Gasteiger partial charge is 0.244 e. The van der Waals surface area contributed by atoms with Crippen LogP contribution in [0.3, 0.4) is 0 Å². The number of amides is 2. The predicted octanol–water partition coefficient (Wildman–Crippen LogP) is 2.10. The highest BCUT2D eigenvalue weighted by Crippen LogP contribution is 2.38. The summed E-state index contributed by atoms with van der Waals surface area (Å²) in [5.41, 5.74) is 10.2. The minimum absolute atomic E-state index is 0.123. The monoisotopic (exact) mass is 349 g/mol. The second kappa shape index (κ2) is 6.57. The van der Waals surface area contributed by atoms with E-state index in [1.54, 1.807) is 4.90 Å². The highest BCUT2D eigenvalue weighted by Gasteiger charge is 2.42. The number of aryl methyl sites for hydroxylation is 1. The van der Waals surface area contributed by atoms with Gasteiger partial charge in [0.1, 0.15) is 6.04 Å². The Hall–Kier alpha value is -2.66. The highest BCUT2D eigenvalue weighted by atomic mass is 16.2. The molecule has 0 fully saturated rings. The number of benzene rings is 2. The summed E-state index contributed by atoms with van der Waals surface area (Å²) in [6.07, 6.45) is 1.91. The molecular weight excluding hydrogens is 326 g/mol. The summed E-state index contributed by atoms with van der Waals surface area (Å²) >= 11 is 0. The molecule has 5 nitrogen and oxygen atoms in total. The van der Waals surface area contributed by atoms with E-state index in [1.807, 2.05) is 55.5 Å². The zero-order valence-electron chi connectivity index (χ0n) is 14.8. The lowest BCUT2D eigenvalue weighted by Gasteiger charge is -2.27. The van der Waals surface area contributed by atoms with Gasteiger partial charge in [-0.15, -0.1) is 0 Å². The minimum atomic E-state index is -0.560. The van der Waals surface area contributed by atoms with Crippen molar-refractivity contribution in [3.63, 3.8) is 0 Å². The molecule has 2 heterocycles. The molecule has 2 aromatic rings. The SMILES string of the molecule is C[C@@H](NC(=O)[C@@H]1Cc2cccc3c2N1C(=O)[C@@H](N)CC3)c1ccccc1. The molecule has 0 radical (unpaired) electrons. The Morgan fingerprint density at radius 1 is 1.15 bits per heavy atom. The van der Waals surface area contributed by atoms with Crippen molar-refractivity contribution in [2.75, 3.05) is 4.90 Å². The fourth-order valence-electron chi connectivity index (χ4n) is 4.00. The molecule has 134 valence electrons. The maximum atomic E-state index is 13.0. The number of nitrogens with one attached hydrogen (secondary N) is 1. The average molecular weight is 349 g/mol. The lowest BCUT2D eigenvalue weighted by molar-refractivity contribution is -0.127. The maximum absolute atomic E-state index is 13.0. The molecule has 5 heteroatoms. The lowest BCUT2D eigenvalue weighted by atomic mass is 10.0. The number of hydrogen-bond acceptors (Lipinski definition) is 3. The molecule has 0 unspecified atom stereocenters. The highest BCUT2D eigenvalue weighted by molar-refractivity contribution is 6.06. The Morgan fingerprint density at radius 2 is 1.88 bits per heavy atom. The molecule has 26 heavy (non-hydrogen) atoms. The van der Waals surface area contributed by atoms with Crippen molar-refractivity contribution < 1.29 is 9.59 Å². The van der Waals surface area contributed by atoms with E-state index in [0.717, 1.165) is 28.8 Å². The van der Waals surface area contributed by atoms with Gasteiger partial charge in [0.05, 0.1) is 17.8 Å². The van der Waals surface area contributed by atoms with Gasteiger partial charge in [-0.05, 0) is 36.5 Å². The maximum Gasteiger partial charge on any atom is 0.244 e. The standard InChI is InChI=1S/C21H23N3O2/c1-13(14-6-3-2-4-7-14)23-20(25)18-12-16-9-5-8-15-10-11-17(22)21(26)24(18)19(15)16/h2-9,13,17-18H,10-12,22H2,1H3,(H,23,25)/t13-,17+,18+/m1/s1. The van der Waals surface area contributed by atoms with E-state index in [4.69, 9.17) is 5.73 Å². The van der Waals surface area contributed by atoms with Crippen LogP contribution in [0.15, 0.2) is 48.5 Å². The van der Waals surface area contributed by atoms with Crippen LogP contribution in [-0.4, -0.2) is 23.9 Å². The van der Waals surface area contributed by atoms with Crippen LogP contribution in [-0.2, 0) is 22.4 Å². The van der Waals surface area contributed by atoms with Gasteiger partial charge in [-0.25, -0.2) is 0 Å². The summed E-state index contributed by atoms with van der Waals surface area (Å²) in [6.45, 7) is 1.96. The minimum Gasteiger partial charge on any atom is -0.348 e. The van der Waals surface area contributed by atoms with Gasteiger partial charge in [0.15, 0.2) is 0 Å². The molecule has 2 aliphatic rings. The van der Waals surface area contributed by atoms with Gasteiger partial charge in [-0.2, -0.15) is 0 Å². The third kappa shape index (κ3) is 2.78. The van der Waals surface area contributed by atoms with E-state index in [0.29, 0.717) is 12.8 Å².